The van der Waals surface area contributed by atoms with Crippen LogP contribution in [0.5, 0.6) is 0 Å². The SMILES string of the molecule is CCc1nc(-c2ccc(F)c(C#N)c2)c(N)n1N. The lowest BCUT2D eigenvalue weighted by atomic mass is 10.1. The molecule has 0 saturated heterocycles. The number of nitriles is 1. The van der Waals surface area contributed by atoms with E-state index in [-0.39, 0.29) is 5.56 Å². The molecule has 0 radical (unpaired) electrons. The van der Waals surface area contributed by atoms with Crippen molar-refractivity contribution in [3.8, 4) is 17.3 Å². The number of halogens is 1. The van der Waals surface area contributed by atoms with Crippen LogP contribution in [-0.2, 0) is 6.42 Å². The highest BCUT2D eigenvalue weighted by Gasteiger charge is 2.14. The first-order valence-electron chi connectivity index (χ1n) is 5.40. The summed E-state index contributed by atoms with van der Waals surface area (Å²) in [6.45, 7) is 1.90. The number of aromatic nitrogens is 2. The van der Waals surface area contributed by atoms with Crippen molar-refractivity contribution in [1.29, 1.82) is 5.26 Å². The van der Waals surface area contributed by atoms with E-state index in [2.05, 4.69) is 4.98 Å². The van der Waals surface area contributed by atoms with E-state index < -0.39 is 5.82 Å². The van der Waals surface area contributed by atoms with Gasteiger partial charge in [0, 0.05) is 12.0 Å². The van der Waals surface area contributed by atoms with Crippen LogP contribution >= 0.6 is 0 Å². The second-order valence-electron chi connectivity index (χ2n) is 3.79. The maximum Gasteiger partial charge on any atom is 0.150 e. The lowest BCUT2D eigenvalue weighted by molar-refractivity contribution is 0.624. The highest BCUT2D eigenvalue weighted by Crippen LogP contribution is 2.26. The van der Waals surface area contributed by atoms with Crippen molar-refractivity contribution in [1.82, 2.24) is 9.66 Å². The number of hydrogen-bond donors (Lipinski definition) is 2. The molecule has 0 fully saturated rings. The fourth-order valence-electron chi connectivity index (χ4n) is 1.71. The van der Waals surface area contributed by atoms with Crippen LogP contribution < -0.4 is 11.6 Å². The minimum absolute atomic E-state index is 0.0449. The monoisotopic (exact) mass is 245 g/mol. The molecule has 0 bridgehead atoms. The minimum atomic E-state index is -0.567. The number of hydrogen-bond acceptors (Lipinski definition) is 4. The van der Waals surface area contributed by atoms with Gasteiger partial charge in [-0.05, 0) is 18.2 Å². The summed E-state index contributed by atoms with van der Waals surface area (Å²) >= 11 is 0. The van der Waals surface area contributed by atoms with Crippen LogP contribution in [0.1, 0.15) is 18.3 Å². The molecule has 1 aromatic heterocycles. The van der Waals surface area contributed by atoms with E-state index in [0.29, 0.717) is 29.3 Å². The van der Waals surface area contributed by atoms with Crippen LogP contribution in [0.3, 0.4) is 0 Å². The largest absolute Gasteiger partial charge is 0.382 e. The molecule has 0 atom stereocenters. The Balaban J connectivity index is 2.59. The minimum Gasteiger partial charge on any atom is -0.382 e. The fourth-order valence-corrected chi connectivity index (χ4v) is 1.71. The molecule has 4 N–H and O–H groups in total. The summed E-state index contributed by atoms with van der Waals surface area (Å²) in [5.74, 6) is 6.10. The Morgan fingerprint density at radius 3 is 2.78 bits per heavy atom. The highest BCUT2D eigenvalue weighted by molar-refractivity contribution is 5.72. The third kappa shape index (κ3) is 1.76. The van der Waals surface area contributed by atoms with Gasteiger partial charge in [0.15, 0.2) is 5.82 Å². The molecular formula is C12H12FN5. The summed E-state index contributed by atoms with van der Waals surface area (Å²) < 4.78 is 14.5. The Morgan fingerprint density at radius 2 is 2.22 bits per heavy atom. The summed E-state index contributed by atoms with van der Waals surface area (Å²) in [4.78, 5) is 4.28. The summed E-state index contributed by atoms with van der Waals surface area (Å²) in [5, 5.41) is 8.79. The molecular weight excluding hydrogens is 233 g/mol. The smallest absolute Gasteiger partial charge is 0.150 e. The number of nitrogen functional groups attached to an aromatic ring is 2. The van der Waals surface area contributed by atoms with Crippen LogP contribution in [-0.4, -0.2) is 9.66 Å². The first-order chi connectivity index (χ1) is 8.58. The third-order valence-corrected chi connectivity index (χ3v) is 2.70. The second kappa shape index (κ2) is 4.37. The molecule has 18 heavy (non-hydrogen) atoms. The van der Waals surface area contributed by atoms with Crippen LogP contribution in [0, 0.1) is 17.1 Å². The Morgan fingerprint density at radius 1 is 1.50 bits per heavy atom. The second-order valence-corrected chi connectivity index (χ2v) is 3.79. The molecule has 1 heterocycles. The lowest BCUT2D eigenvalue weighted by Gasteiger charge is -2.01. The van der Waals surface area contributed by atoms with Crippen molar-refractivity contribution in [3.63, 3.8) is 0 Å². The summed E-state index contributed by atoms with van der Waals surface area (Å²) in [7, 11) is 0. The fraction of sp³-hybridized carbons (Fsp3) is 0.167. The van der Waals surface area contributed by atoms with Gasteiger partial charge in [-0.2, -0.15) is 5.26 Å². The average molecular weight is 245 g/mol. The molecule has 0 aliphatic carbocycles. The average Bonchev–Trinajstić information content (AvgIpc) is 2.67. The highest BCUT2D eigenvalue weighted by atomic mass is 19.1. The van der Waals surface area contributed by atoms with Crippen molar-refractivity contribution in [2.24, 2.45) is 0 Å². The van der Waals surface area contributed by atoms with Crippen LogP contribution in [0.15, 0.2) is 18.2 Å². The summed E-state index contributed by atoms with van der Waals surface area (Å²) in [6.07, 6.45) is 0.632. The lowest BCUT2D eigenvalue weighted by Crippen LogP contribution is -2.14. The van der Waals surface area contributed by atoms with E-state index in [9.17, 15) is 4.39 Å². The molecule has 92 valence electrons. The van der Waals surface area contributed by atoms with E-state index in [0.717, 1.165) is 0 Å². The van der Waals surface area contributed by atoms with Gasteiger partial charge in [0.1, 0.15) is 23.4 Å². The van der Waals surface area contributed by atoms with Gasteiger partial charge in [0.05, 0.1) is 5.56 Å². The van der Waals surface area contributed by atoms with Gasteiger partial charge in [-0.25, -0.2) is 14.1 Å². The van der Waals surface area contributed by atoms with E-state index in [1.54, 1.807) is 6.07 Å². The van der Waals surface area contributed by atoms with Crippen molar-refractivity contribution >= 4 is 5.82 Å². The first-order valence-corrected chi connectivity index (χ1v) is 5.40. The van der Waals surface area contributed by atoms with Crippen LogP contribution in [0.4, 0.5) is 10.2 Å². The predicted molar refractivity (Wildman–Crippen MR) is 66.3 cm³/mol. The predicted octanol–water partition coefficient (Wildman–Crippen LogP) is 1.42. The Bertz CT molecular complexity index is 639. The van der Waals surface area contributed by atoms with Gasteiger partial charge < -0.3 is 11.6 Å². The third-order valence-electron chi connectivity index (χ3n) is 2.70. The number of nitrogens with two attached hydrogens (primary N) is 2. The quantitative estimate of drug-likeness (QED) is 0.782. The molecule has 0 amide bonds. The van der Waals surface area contributed by atoms with E-state index in [1.165, 1.54) is 22.9 Å². The normalized spacial score (nSPS) is 10.3. The van der Waals surface area contributed by atoms with Crippen molar-refractivity contribution < 1.29 is 4.39 Å². The molecule has 2 aromatic rings. The summed E-state index contributed by atoms with van der Waals surface area (Å²) in [6, 6.07) is 5.93. The van der Waals surface area contributed by atoms with Gasteiger partial charge in [-0.15, -0.1) is 0 Å². The van der Waals surface area contributed by atoms with Gasteiger partial charge in [0.2, 0.25) is 0 Å². The van der Waals surface area contributed by atoms with E-state index in [4.69, 9.17) is 16.8 Å². The molecule has 6 heteroatoms. The number of imidazole rings is 1. The standard InChI is InChI=1S/C12H12FN5/c1-2-10-17-11(12(15)18(10)16)7-3-4-9(13)8(5-7)6-14/h3-5H,2,15-16H2,1H3. The Hall–Kier alpha value is -2.55. The number of benzene rings is 1. The zero-order valence-corrected chi connectivity index (χ0v) is 9.81. The molecule has 1 aromatic carbocycles. The molecule has 0 spiro atoms. The van der Waals surface area contributed by atoms with Gasteiger partial charge in [0.25, 0.3) is 0 Å². The van der Waals surface area contributed by atoms with Crippen molar-refractivity contribution in [3.05, 3.63) is 35.4 Å². The maximum absolute atomic E-state index is 13.2. The van der Waals surface area contributed by atoms with E-state index in [1.807, 2.05) is 6.92 Å². The topological polar surface area (TPSA) is 93.6 Å². The number of anilines is 1. The van der Waals surface area contributed by atoms with Crippen LogP contribution in [0.25, 0.3) is 11.3 Å². The van der Waals surface area contributed by atoms with Gasteiger partial charge >= 0.3 is 0 Å². The molecule has 0 aliphatic rings. The van der Waals surface area contributed by atoms with Gasteiger partial charge in [-0.1, -0.05) is 6.92 Å². The summed E-state index contributed by atoms with van der Waals surface area (Å²) in [5.41, 5.74) is 6.83. The van der Waals surface area contributed by atoms with E-state index >= 15 is 0 Å². The van der Waals surface area contributed by atoms with Gasteiger partial charge in [-0.3, -0.25) is 0 Å². The Kier molecular flexibility index (Phi) is 2.90. The molecule has 5 nitrogen and oxygen atoms in total. The first kappa shape index (κ1) is 11.9. The maximum atomic E-state index is 13.2. The molecule has 0 saturated carbocycles. The van der Waals surface area contributed by atoms with Crippen LogP contribution in [0.2, 0.25) is 0 Å². The Labute approximate surface area is 103 Å². The molecule has 2 rings (SSSR count). The number of nitrogens with zero attached hydrogens (tertiary/aromatic N) is 3. The van der Waals surface area contributed by atoms with Crippen molar-refractivity contribution in [2.75, 3.05) is 11.6 Å². The number of rotatable bonds is 2. The number of aryl methyl sites for hydroxylation is 1. The molecule has 0 aliphatic heterocycles. The zero-order chi connectivity index (χ0) is 13.3. The molecule has 0 unspecified atom stereocenters. The zero-order valence-electron chi connectivity index (χ0n) is 9.81. The van der Waals surface area contributed by atoms with Crippen molar-refractivity contribution in [2.45, 2.75) is 13.3 Å².